The summed E-state index contributed by atoms with van der Waals surface area (Å²) < 4.78 is 12.1. The van der Waals surface area contributed by atoms with Gasteiger partial charge in [-0.3, -0.25) is 0 Å². The van der Waals surface area contributed by atoms with Gasteiger partial charge < -0.3 is 19.9 Å². The molecule has 0 bridgehead atoms. The molecule has 0 aromatic heterocycles. The zero-order chi connectivity index (χ0) is 13.0. The summed E-state index contributed by atoms with van der Waals surface area (Å²) in [4.78, 5) is 0. The summed E-state index contributed by atoms with van der Waals surface area (Å²) in [6, 6.07) is 4.16. The van der Waals surface area contributed by atoms with Crippen LogP contribution in [0.25, 0.3) is 0 Å². The van der Waals surface area contributed by atoms with Gasteiger partial charge in [0, 0.05) is 17.1 Å². The molecule has 0 aliphatic carbocycles. The van der Waals surface area contributed by atoms with E-state index in [1.165, 1.54) is 0 Å². The molecular weight excluding hydrogens is 298 g/mol. The van der Waals surface area contributed by atoms with Gasteiger partial charge in [0.15, 0.2) is 11.5 Å². The number of hydrogen-bond donors (Lipinski definition) is 2. The molecule has 2 N–H and O–H groups in total. The van der Waals surface area contributed by atoms with Crippen molar-refractivity contribution >= 4 is 15.9 Å². The number of fused-ring (bicyclic) bond motifs is 1. The zero-order valence-corrected chi connectivity index (χ0v) is 12.0. The summed E-state index contributed by atoms with van der Waals surface area (Å²) in [6.07, 6.45) is 0.756. The molecule has 4 nitrogen and oxygen atoms in total. The molecule has 0 radical (unpaired) electrons. The summed E-state index contributed by atoms with van der Waals surface area (Å²) >= 11 is 3.56. The molecule has 100 valence electrons. The first-order valence-corrected chi connectivity index (χ1v) is 6.95. The second-order valence-electron chi connectivity index (χ2n) is 4.27. The van der Waals surface area contributed by atoms with E-state index in [1.807, 2.05) is 12.1 Å². The Labute approximate surface area is 115 Å². The Hall–Kier alpha value is -0.780. The van der Waals surface area contributed by atoms with Crippen LogP contribution in [0.1, 0.15) is 24.9 Å². The lowest BCUT2D eigenvalue weighted by Crippen LogP contribution is -2.22. The Balaban J connectivity index is 2.12. The molecule has 1 heterocycles. The highest BCUT2D eigenvalue weighted by atomic mass is 79.9. The first kappa shape index (κ1) is 13.6. The van der Waals surface area contributed by atoms with Crippen molar-refractivity contribution in [1.82, 2.24) is 5.32 Å². The summed E-state index contributed by atoms with van der Waals surface area (Å²) in [6.45, 7) is 4.29. The van der Waals surface area contributed by atoms with Gasteiger partial charge in [-0.2, -0.15) is 0 Å². The number of aliphatic hydroxyl groups excluding tert-OH is 1. The predicted molar refractivity (Wildman–Crippen MR) is 73.3 cm³/mol. The van der Waals surface area contributed by atoms with Crippen LogP contribution in [0.15, 0.2) is 16.6 Å². The van der Waals surface area contributed by atoms with E-state index in [4.69, 9.17) is 14.6 Å². The summed E-state index contributed by atoms with van der Waals surface area (Å²) in [7, 11) is 0. The van der Waals surface area contributed by atoms with Crippen molar-refractivity contribution in [3.63, 3.8) is 0 Å². The Kier molecular flexibility index (Phi) is 4.86. The maximum atomic E-state index is 8.78. The molecule has 1 unspecified atom stereocenters. The lowest BCUT2D eigenvalue weighted by atomic mass is 10.1. The van der Waals surface area contributed by atoms with Crippen molar-refractivity contribution < 1.29 is 14.6 Å². The largest absolute Gasteiger partial charge is 0.486 e. The third kappa shape index (κ3) is 3.16. The maximum Gasteiger partial charge on any atom is 0.162 e. The van der Waals surface area contributed by atoms with E-state index >= 15 is 0 Å². The Bertz CT molecular complexity index is 411. The number of halogens is 1. The standard InChI is InChI=1S/C13H18BrNO3/c1-9(15-3-2-4-16)10-7-12-13(8-11(10)14)18-6-5-17-12/h7-9,15-16H,2-6H2,1H3. The Morgan fingerprint density at radius 2 is 2.00 bits per heavy atom. The first-order chi connectivity index (χ1) is 8.72. The molecule has 18 heavy (non-hydrogen) atoms. The highest BCUT2D eigenvalue weighted by molar-refractivity contribution is 9.10. The van der Waals surface area contributed by atoms with E-state index < -0.39 is 0 Å². The van der Waals surface area contributed by atoms with E-state index in [0.29, 0.717) is 13.2 Å². The van der Waals surface area contributed by atoms with Gasteiger partial charge in [0.05, 0.1) is 0 Å². The minimum Gasteiger partial charge on any atom is -0.486 e. The van der Waals surface area contributed by atoms with Gasteiger partial charge in [0.25, 0.3) is 0 Å². The van der Waals surface area contributed by atoms with Crippen molar-refractivity contribution in [3.8, 4) is 11.5 Å². The van der Waals surface area contributed by atoms with Crippen molar-refractivity contribution in [1.29, 1.82) is 0 Å². The van der Waals surface area contributed by atoms with Gasteiger partial charge in [-0.05, 0) is 37.6 Å². The van der Waals surface area contributed by atoms with Crippen LogP contribution in [-0.4, -0.2) is 31.5 Å². The number of rotatable bonds is 5. The molecule has 0 saturated carbocycles. The van der Waals surface area contributed by atoms with E-state index in [0.717, 1.165) is 34.5 Å². The van der Waals surface area contributed by atoms with Crippen LogP contribution in [0.4, 0.5) is 0 Å². The second kappa shape index (κ2) is 6.41. The van der Waals surface area contributed by atoms with Gasteiger partial charge in [-0.1, -0.05) is 15.9 Å². The predicted octanol–water partition coefficient (Wildman–Crippen LogP) is 2.25. The fourth-order valence-corrected chi connectivity index (χ4v) is 2.58. The lowest BCUT2D eigenvalue weighted by molar-refractivity contribution is 0.171. The molecule has 1 aromatic rings. The molecular formula is C13H18BrNO3. The summed E-state index contributed by atoms with van der Waals surface area (Å²) in [5.74, 6) is 1.59. The second-order valence-corrected chi connectivity index (χ2v) is 5.12. The third-order valence-corrected chi connectivity index (χ3v) is 3.60. The highest BCUT2D eigenvalue weighted by Crippen LogP contribution is 2.37. The van der Waals surface area contributed by atoms with Crippen LogP contribution >= 0.6 is 15.9 Å². The molecule has 0 saturated heterocycles. The normalized spacial score (nSPS) is 15.5. The topological polar surface area (TPSA) is 50.7 Å². The SMILES string of the molecule is CC(NCCCO)c1cc2c(cc1Br)OCCO2. The van der Waals surface area contributed by atoms with Crippen molar-refractivity contribution in [3.05, 3.63) is 22.2 Å². The van der Waals surface area contributed by atoms with Crippen molar-refractivity contribution in [2.24, 2.45) is 0 Å². The summed E-state index contributed by atoms with van der Waals surface area (Å²) in [5, 5.41) is 12.1. The quantitative estimate of drug-likeness (QED) is 0.818. The fraction of sp³-hybridized carbons (Fsp3) is 0.538. The van der Waals surface area contributed by atoms with Gasteiger partial charge in [0.1, 0.15) is 13.2 Å². The number of nitrogens with one attached hydrogen (secondary N) is 1. The van der Waals surface area contributed by atoms with Gasteiger partial charge in [0.2, 0.25) is 0 Å². The smallest absolute Gasteiger partial charge is 0.162 e. The number of aliphatic hydroxyl groups is 1. The number of benzene rings is 1. The third-order valence-electron chi connectivity index (χ3n) is 2.91. The minimum atomic E-state index is 0.196. The van der Waals surface area contributed by atoms with Crippen LogP contribution in [0.5, 0.6) is 11.5 Å². The van der Waals surface area contributed by atoms with Gasteiger partial charge >= 0.3 is 0 Å². The molecule has 0 amide bonds. The minimum absolute atomic E-state index is 0.196. The van der Waals surface area contributed by atoms with E-state index in [1.54, 1.807) is 0 Å². The van der Waals surface area contributed by atoms with Crippen LogP contribution < -0.4 is 14.8 Å². The lowest BCUT2D eigenvalue weighted by Gasteiger charge is -2.22. The van der Waals surface area contributed by atoms with Crippen LogP contribution in [0, 0.1) is 0 Å². The van der Waals surface area contributed by atoms with E-state index in [9.17, 15) is 0 Å². The maximum absolute atomic E-state index is 8.78. The average Bonchev–Trinajstić information content (AvgIpc) is 2.38. The number of ether oxygens (including phenoxy) is 2. The van der Waals surface area contributed by atoms with Crippen LogP contribution in [0.3, 0.4) is 0 Å². The Morgan fingerprint density at radius 3 is 2.67 bits per heavy atom. The number of hydrogen-bond acceptors (Lipinski definition) is 4. The molecule has 1 aliphatic heterocycles. The highest BCUT2D eigenvalue weighted by Gasteiger charge is 2.17. The average molecular weight is 316 g/mol. The summed E-state index contributed by atoms with van der Waals surface area (Å²) in [5.41, 5.74) is 1.14. The molecule has 1 aromatic carbocycles. The van der Waals surface area contributed by atoms with E-state index in [-0.39, 0.29) is 12.6 Å². The molecule has 2 rings (SSSR count). The molecule has 0 fully saturated rings. The Morgan fingerprint density at radius 1 is 1.33 bits per heavy atom. The zero-order valence-electron chi connectivity index (χ0n) is 10.4. The van der Waals surface area contributed by atoms with Crippen LogP contribution in [-0.2, 0) is 0 Å². The van der Waals surface area contributed by atoms with E-state index in [2.05, 4.69) is 28.2 Å². The van der Waals surface area contributed by atoms with Crippen molar-refractivity contribution in [2.75, 3.05) is 26.4 Å². The monoisotopic (exact) mass is 315 g/mol. The van der Waals surface area contributed by atoms with Gasteiger partial charge in [-0.15, -0.1) is 0 Å². The van der Waals surface area contributed by atoms with Crippen LogP contribution in [0.2, 0.25) is 0 Å². The molecule has 0 spiro atoms. The molecule has 1 atom stereocenters. The van der Waals surface area contributed by atoms with Crippen molar-refractivity contribution in [2.45, 2.75) is 19.4 Å². The molecule has 5 heteroatoms. The first-order valence-electron chi connectivity index (χ1n) is 6.15. The fourth-order valence-electron chi connectivity index (χ4n) is 1.92. The molecule has 1 aliphatic rings. The van der Waals surface area contributed by atoms with Gasteiger partial charge in [-0.25, -0.2) is 0 Å².